The van der Waals surface area contributed by atoms with Crippen LogP contribution >= 0.6 is 0 Å². The van der Waals surface area contributed by atoms with Gasteiger partial charge in [0.2, 0.25) is 0 Å². The maximum atomic E-state index is 13.1. The number of hydrogen-bond acceptors (Lipinski definition) is 3. The predicted octanol–water partition coefficient (Wildman–Crippen LogP) is 0.898. The first-order valence-corrected chi connectivity index (χ1v) is 5.45. The molecule has 3 N–H and O–H groups in total. The van der Waals surface area contributed by atoms with E-state index in [-0.39, 0.29) is 12.4 Å². The largest absolute Gasteiger partial charge is 0.394 e. The van der Waals surface area contributed by atoms with Crippen LogP contribution in [-0.4, -0.2) is 30.3 Å². The van der Waals surface area contributed by atoms with E-state index in [4.69, 9.17) is 10.8 Å². The van der Waals surface area contributed by atoms with Gasteiger partial charge in [-0.2, -0.15) is 0 Å². The van der Waals surface area contributed by atoms with Gasteiger partial charge in [-0.25, -0.2) is 4.39 Å². The Balaban J connectivity index is 2.20. The van der Waals surface area contributed by atoms with Crippen LogP contribution in [0.2, 0.25) is 0 Å². The monoisotopic (exact) mass is 224 g/mol. The average molecular weight is 224 g/mol. The highest BCUT2D eigenvalue weighted by molar-refractivity contribution is 5.58. The minimum atomic E-state index is -0.645. The summed E-state index contributed by atoms with van der Waals surface area (Å²) in [5.41, 5.74) is 7.32. The van der Waals surface area contributed by atoms with Crippen molar-refractivity contribution < 1.29 is 9.50 Å². The second kappa shape index (κ2) is 4.03. The van der Waals surface area contributed by atoms with Crippen LogP contribution in [0.3, 0.4) is 0 Å². The molecule has 1 atom stereocenters. The number of aliphatic hydroxyl groups excluding tert-OH is 1. The molecule has 0 bridgehead atoms. The molecule has 2 rings (SSSR count). The lowest BCUT2D eigenvalue weighted by Gasteiger charge is -2.30. The molecule has 88 valence electrons. The Morgan fingerprint density at radius 2 is 2.31 bits per heavy atom. The van der Waals surface area contributed by atoms with E-state index >= 15 is 0 Å². The van der Waals surface area contributed by atoms with Crippen LogP contribution in [0.15, 0.2) is 18.2 Å². The van der Waals surface area contributed by atoms with Crippen LogP contribution in [0.1, 0.15) is 12.5 Å². The van der Waals surface area contributed by atoms with Gasteiger partial charge in [0.15, 0.2) is 0 Å². The van der Waals surface area contributed by atoms with Gasteiger partial charge in [0.1, 0.15) is 5.82 Å². The molecular formula is C12H17FN2O. The molecule has 1 aliphatic heterocycles. The zero-order valence-electron chi connectivity index (χ0n) is 9.41. The van der Waals surface area contributed by atoms with Gasteiger partial charge in [0.05, 0.1) is 12.1 Å². The van der Waals surface area contributed by atoms with Crippen molar-refractivity contribution in [2.45, 2.75) is 18.9 Å². The first-order valence-electron chi connectivity index (χ1n) is 5.45. The molecule has 0 saturated heterocycles. The minimum Gasteiger partial charge on any atom is -0.394 e. The molecule has 0 amide bonds. The molecule has 1 aromatic carbocycles. The first-order chi connectivity index (χ1) is 7.52. The van der Waals surface area contributed by atoms with Gasteiger partial charge in [-0.3, -0.25) is 0 Å². The van der Waals surface area contributed by atoms with Crippen LogP contribution in [0.25, 0.3) is 0 Å². The molecule has 16 heavy (non-hydrogen) atoms. The minimum absolute atomic E-state index is 0.0752. The number of halogens is 1. The third-order valence-corrected chi connectivity index (χ3v) is 2.95. The maximum absolute atomic E-state index is 13.1. The van der Waals surface area contributed by atoms with Crippen LogP contribution in [0.4, 0.5) is 10.1 Å². The number of nitrogens with zero attached hydrogens (tertiary/aromatic N) is 1. The molecule has 1 unspecified atom stereocenters. The third kappa shape index (κ3) is 2.18. The number of nitrogens with two attached hydrogens (primary N) is 1. The van der Waals surface area contributed by atoms with Gasteiger partial charge in [-0.1, -0.05) is 6.07 Å². The quantitative estimate of drug-likeness (QED) is 0.802. The first kappa shape index (κ1) is 11.4. The van der Waals surface area contributed by atoms with Crippen molar-refractivity contribution in [1.82, 2.24) is 0 Å². The fourth-order valence-corrected chi connectivity index (χ4v) is 2.07. The van der Waals surface area contributed by atoms with Crippen molar-refractivity contribution in [1.29, 1.82) is 0 Å². The van der Waals surface area contributed by atoms with E-state index < -0.39 is 5.54 Å². The number of rotatable bonds is 3. The number of anilines is 1. The summed E-state index contributed by atoms with van der Waals surface area (Å²) in [5, 5.41) is 9.13. The molecule has 4 heteroatoms. The van der Waals surface area contributed by atoms with Crippen molar-refractivity contribution in [3.63, 3.8) is 0 Å². The van der Waals surface area contributed by atoms with E-state index in [1.807, 2.05) is 11.0 Å². The number of aliphatic hydroxyl groups is 1. The summed E-state index contributed by atoms with van der Waals surface area (Å²) in [6.45, 7) is 3.10. The van der Waals surface area contributed by atoms with Gasteiger partial charge >= 0.3 is 0 Å². The second-order valence-electron chi connectivity index (χ2n) is 4.76. The SMILES string of the molecule is CC(N)(CO)CN1CCc2ccc(F)cc21. The third-order valence-electron chi connectivity index (χ3n) is 2.95. The van der Waals surface area contributed by atoms with Crippen LogP contribution in [-0.2, 0) is 6.42 Å². The van der Waals surface area contributed by atoms with Gasteiger partial charge in [0.25, 0.3) is 0 Å². The molecule has 1 heterocycles. The summed E-state index contributed by atoms with van der Waals surface area (Å²) >= 11 is 0. The molecule has 0 aromatic heterocycles. The Morgan fingerprint density at radius 1 is 1.56 bits per heavy atom. The van der Waals surface area contributed by atoms with E-state index in [0.29, 0.717) is 6.54 Å². The maximum Gasteiger partial charge on any atom is 0.125 e. The lowest BCUT2D eigenvalue weighted by molar-refractivity contribution is 0.211. The fraction of sp³-hybridized carbons (Fsp3) is 0.500. The van der Waals surface area contributed by atoms with E-state index in [2.05, 4.69) is 0 Å². The summed E-state index contributed by atoms with van der Waals surface area (Å²) in [6.07, 6.45) is 0.914. The van der Waals surface area contributed by atoms with E-state index in [9.17, 15) is 4.39 Å². The van der Waals surface area contributed by atoms with Crippen molar-refractivity contribution in [3.8, 4) is 0 Å². The van der Waals surface area contributed by atoms with Crippen molar-refractivity contribution >= 4 is 5.69 Å². The van der Waals surface area contributed by atoms with Crippen molar-refractivity contribution in [3.05, 3.63) is 29.6 Å². The van der Waals surface area contributed by atoms with Crippen LogP contribution < -0.4 is 10.6 Å². The standard InChI is InChI=1S/C12H17FN2O/c1-12(14,8-16)7-15-5-4-9-2-3-10(13)6-11(9)15/h2-3,6,16H,4-5,7-8,14H2,1H3. The Hall–Kier alpha value is -1.13. The summed E-state index contributed by atoms with van der Waals surface area (Å²) in [6, 6.07) is 4.84. The summed E-state index contributed by atoms with van der Waals surface area (Å²) in [5.74, 6) is -0.228. The van der Waals surface area contributed by atoms with Gasteiger partial charge in [0, 0.05) is 18.8 Å². The number of fused-ring (bicyclic) bond motifs is 1. The molecule has 0 radical (unpaired) electrons. The molecule has 3 nitrogen and oxygen atoms in total. The Labute approximate surface area is 94.7 Å². The normalized spacial score (nSPS) is 18.4. The van der Waals surface area contributed by atoms with Gasteiger partial charge < -0.3 is 15.7 Å². The van der Waals surface area contributed by atoms with E-state index in [1.165, 1.54) is 12.1 Å². The van der Waals surface area contributed by atoms with Crippen LogP contribution in [0.5, 0.6) is 0 Å². The second-order valence-corrected chi connectivity index (χ2v) is 4.76. The van der Waals surface area contributed by atoms with E-state index in [1.54, 1.807) is 6.92 Å². The fourth-order valence-electron chi connectivity index (χ4n) is 2.07. The zero-order valence-corrected chi connectivity index (χ0v) is 9.41. The molecule has 0 saturated carbocycles. The Bertz CT molecular complexity index is 393. The molecule has 0 aliphatic carbocycles. The highest BCUT2D eigenvalue weighted by Crippen LogP contribution is 2.29. The van der Waals surface area contributed by atoms with Crippen molar-refractivity contribution in [2.24, 2.45) is 5.73 Å². The molecular weight excluding hydrogens is 207 g/mol. The summed E-state index contributed by atoms with van der Waals surface area (Å²) in [7, 11) is 0. The number of benzene rings is 1. The Morgan fingerprint density at radius 3 is 3.00 bits per heavy atom. The smallest absolute Gasteiger partial charge is 0.125 e. The highest BCUT2D eigenvalue weighted by Gasteiger charge is 2.26. The molecule has 1 aliphatic rings. The van der Waals surface area contributed by atoms with Crippen molar-refractivity contribution in [2.75, 3.05) is 24.6 Å². The lowest BCUT2D eigenvalue weighted by Crippen LogP contribution is -2.50. The van der Waals surface area contributed by atoms with E-state index in [0.717, 1.165) is 24.2 Å². The molecule has 1 aromatic rings. The summed E-state index contributed by atoms with van der Waals surface area (Å²) in [4.78, 5) is 2.04. The molecule has 0 fully saturated rings. The lowest BCUT2D eigenvalue weighted by atomic mass is 10.1. The average Bonchev–Trinajstić information content (AvgIpc) is 2.61. The predicted molar refractivity (Wildman–Crippen MR) is 62.0 cm³/mol. The zero-order chi connectivity index (χ0) is 11.8. The topological polar surface area (TPSA) is 49.5 Å². The van der Waals surface area contributed by atoms with Gasteiger partial charge in [-0.15, -0.1) is 0 Å². The summed E-state index contributed by atoms with van der Waals surface area (Å²) < 4.78 is 13.1. The number of hydrogen-bond donors (Lipinski definition) is 2. The van der Waals surface area contributed by atoms with Crippen LogP contribution in [0, 0.1) is 5.82 Å². The van der Waals surface area contributed by atoms with Gasteiger partial charge in [-0.05, 0) is 31.0 Å². The highest BCUT2D eigenvalue weighted by atomic mass is 19.1. The molecule has 0 spiro atoms. The Kier molecular flexibility index (Phi) is 2.86.